The molecule has 0 radical (unpaired) electrons. The number of ether oxygens (including phenoxy) is 2. The number of aromatic amines is 2. The van der Waals surface area contributed by atoms with Crippen molar-refractivity contribution in [3.8, 4) is 0 Å². The smallest absolute Gasteiger partial charge is 0.407 e. The summed E-state index contributed by atoms with van der Waals surface area (Å²) >= 11 is 5.24. The van der Waals surface area contributed by atoms with Gasteiger partial charge in [-0.2, -0.15) is 0 Å². The zero-order valence-electron chi connectivity index (χ0n) is 14.9. The second-order valence-corrected chi connectivity index (χ2v) is 7.03. The molecule has 2 aromatic rings. The summed E-state index contributed by atoms with van der Waals surface area (Å²) < 4.78 is 12.9. The van der Waals surface area contributed by atoms with Gasteiger partial charge < -0.3 is 24.3 Å². The number of hydrogen-bond donors (Lipinski definition) is 3. The summed E-state index contributed by atoms with van der Waals surface area (Å²) in [6.07, 6.45) is 1.31. The Morgan fingerprint density at radius 2 is 2.08 bits per heavy atom. The molecule has 1 amide bonds. The van der Waals surface area contributed by atoms with Crippen LogP contribution in [-0.4, -0.2) is 46.0 Å². The Morgan fingerprint density at radius 1 is 1.36 bits per heavy atom. The molecule has 0 unspecified atom stereocenters. The Morgan fingerprint density at radius 3 is 2.76 bits per heavy atom. The number of amides is 1. The van der Waals surface area contributed by atoms with Gasteiger partial charge in [-0.25, -0.2) is 4.79 Å². The molecule has 0 fully saturated rings. The Balaban J connectivity index is 1.84. The first-order chi connectivity index (χ1) is 11.7. The maximum Gasteiger partial charge on any atom is 0.407 e. The number of carbonyl (C=O) groups excluding carboxylic acids is 1. The number of aromatic nitrogens is 3. The molecule has 0 bridgehead atoms. The Hall–Kier alpha value is -2.13. The molecule has 0 aliphatic rings. The van der Waals surface area contributed by atoms with Crippen molar-refractivity contribution >= 4 is 29.3 Å². The van der Waals surface area contributed by atoms with Crippen LogP contribution < -0.4 is 10.9 Å². The highest BCUT2D eigenvalue weighted by Crippen LogP contribution is 2.14. The van der Waals surface area contributed by atoms with E-state index < -0.39 is 11.7 Å². The highest BCUT2D eigenvalue weighted by atomic mass is 32.1. The van der Waals surface area contributed by atoms with Gasteiger partial charge in [0.15, 0.2) is 4.77 Å². The van der Waals surface area contributed by atoms with Crippen LogP contribution in [0.2, 0.25) is 0 Å². The number of aryl methyl sites for hydroxylation is 1. The molecule has 0 aromatic carbocycles. The summed E-state index contributed by atoms with van der Waals surface area (Å²) in [6.45, 7) is 8.93. The molecule has 0 saturated heterocycles. The number of hydrogen-bond acceptors (Lipinski definition) is 5. The van der Waals surface area contributed by atoms with Crippen molar-refractivity contribution in [1.29, 1.82) is 0 Å². The normalized spacial score (nSPS) is 11.7. The van der Waals surface area contributed by atoms with E-state index in [0.29, 0.717) is 36.6 Å². The van der Waals surface area contributed by atoms with Crippen LogP contribution in [0.3, 0.4) is 0 Å². The van der Waals surface area contributed by atoms with Gasteiger partial charge in [-0.3, -0.25) is 9.78 Å². The second kappa shape index (κ2) is 7.83. The van der Waals surface area contributed by atoms with Crippen LogP contribution in [0.4, 0.5) is 4.79 Å². The predicted octanol–water partition coefficient (Wildman–Crippen LogP) is 2.24. The van der Waals surface area contributed by atoms with Gasteiger partial charge in [-0.15, -0.1) is 0 Å². The molecule has 3 N–H and O–H groups in total. The first-order valence-electron chi connectivity index (χ1n) is 8.04. The number of H-pyrrole nitrogens is 2. The summed E-state index contributed by atoms with van der Waals surface area (Å²) in [5.74, 6) is 0. The number of rotatable bonds is 6. The highest BCUT2D eigenvalue weighted by Gasteiger charge is 2.15. The minimum absolute atomic E-state index is 0.230. The molecule has 2 rings (SSSR count). The van der Waals surface area contributed by atoms with Gasteiger partial charge in [0.2, 0.25) is 0 Å². The third kappa shape index (κ3) is 5.17. The number of fused-ring (bicyclic) bond motifs is 1. The van der Waals surface area contributed by atoms with Crippen molar-refractivity contribution in [1.82, 2.24) is 19.9 Å². The largest absolute Gasteiger partial charge is 0.444 e. The average molecular weight is 368 g/mol. The van der Waals surface area contributed by atoms with E-state index in [-0.39, 0.29) is 5.56 Å². The molecule has 2 heterocycles. The predicted molar refractivity (Wildman–Crippen MR) is 97.5 cm³/mol. The lowest BCUT2D eigenvalue weighted by Gasteiger charge is -2.19. The molecule has 0 spiro atoms. The van der Waals surface area contributed by atoms with E-state index in [1.807, 2.05) is 11.5 Å². The topological polar surface area (TPSA) is 101 Å². The lowest BCUT2D eigenvalue weighted by Crippen LogP contribution is -2.34. The van der Waals surface area contributed by atoms with Crippen LogP contribution in [0.25, 0.3) is 11.0 Å². The first-order valence-corrected chi connectivity index (χ1v) is 8.45. The number of nitrogens with one attached hydrogen (secondary N) is 3. The lowest BCUT2D eigenvalue weighted by molar-refractivity contribution is 0.0497. The van der Waals surface area contributed by atoms with Crippen molar-refractivity contribution in [2.24, 2.45) is 0 Å². The summed E-state index contributed by atoms with van der Waals surface area (Å²) in [6, 6.07) is 0. The molecular formula is C16H24N4O4S. The summed E-state index contributed by atoms with van der Waals surface area (Å²) in [4.78, 5) is 29.0. The molecule has 25 heavy (non-hydrogen) atoms. The maximum atomic E-state index is 11.9. The highest BCUT2D eigenvalue weighted by molar-refractivity contribution is 7.71. The van der Waals surface area contributed by atoms with Gasteiger partial charge in [0.25, 0.3) is 5.56 Å². The van der Waals surface area contributed by atoms with E-state index in [2.05, 4.69) is 15.3 Å². The molecule has 8 nitrogen and oxygen atoms in total. The summed E-state index contributed by atoms with van der Waals surface area (Å²) in [5.41, 5.74) is 1.47. The second-order valence-electron chi connectivity index (χ2n) is 6.65. The zero-order chi connectivity index (χ0) is 18.6. The van der Waals surface area contributed by atoms with E-state index in [0.717, 1.165) is 11.1 Å². The van der Waals surface area contributed by atoms with Gasteiger partial charge in [0.1, 0.15) is 11.1 Å². The SMILES string of the molecule is Cc1c[nH]c2c(=O)[nH]c(=S)n(CCOCCNC(=O)OC(C)(C)C)c12. The fourth-order valence-electron chi connectivity index (χ4n) is 2.37. The lowest BCUT2D eigenvalue weighted by atomic mass is 10.2. The quantitative estimate of drug-likeness (QED) is 0.536. The minimum Gasteiger partial charge on any atom is -0.444 e. The van der Waals surface area contributed by atoms with Crippen LogP contribution in [0, 0.1) is 11.7 Å². The minimum atomic E-state index is -0.522. The van der Waals surface area contributed by atoms with E-state index >= 15 is 0 Å². The van der Waals surface area contributed by atoms with Crippen LogP contribution in [0.1, 0.15) is 26.3 Å². The fourth-order valence-corrected chi connectivity index (χ4v) is 2.65. The van der Waals surface area contributed by atoms with Crippen LogP contribution >= 0.6 is 12.2 Å². The van der Waals surface area contributed by atoms with E-state index in [1.54, 1.807) is 27.0 Å². The molecule has 2 aromatic heterocycles. The van der Waals surface area contributed by atoms with Crippen molar-refractivity contribution in [2.75, 3.05) is 19.8 Å². The molecule has 0 aliphatic carbocycles. The van der Waals surface area contributed by atoms with E-state index in [1.165, 1.54) is 0 Å². The van der Waals surface area contributed by atoms with Crippen molar-refractivity contribution < 1.29 is 14.3 Å². The molecular weight excluding hydrogens is 344 g/mol. The van der Waals surface area contributed by atoms with Crippen LogP contribution in [-0.2, 0) is 16.0 Å². The third-order valence-electron chi connectivity index (χ3n) is 3.38. The fraction of sp³-hybridized carbons (Fsp3) is 0.562. The summed E-state index contributed by atoms with van der Waals surface area (Å²) in [7, 11) is 0. The first kappa shape index (κ1) is 19.2. The monoisotopic (exact) mass is 368 g/mol. The average Bonchev–Trinajstić information content (AvgIpc) is 2.86. The van der Waals surface area contributed by atoms with Crippen LogP contribution in [0.5, 0.6) is 0 Å². The Bertz CT molecular complexity index is 860. The standard InChI is InChI=1S/C16H24N4O4S/c1-10-9-18-11-12(10)20(14(25)19-13(11)21)6-8-23-7-5-17-15(22)24-16(2,3)4/h9,18H,5-8H2,1-4H3,(H,17,22)(H,19,21,25). The number of alkyl carbamates (subject to hydrolysis) is 1. The maximum absolute atomic E-state index is 11.9. The summed E-state index contributed by atoms with van der Waals surface area (Å²) in [5, 5.41) is 2.63. The molecule has 138 valence electrons. The van der Waals surface area contributed by atoms with E-state index in [9.17, 15) is 9.59 Å². The van der Waals surface area contributed by atoms with Gasteiger partial charge >= 0.3 is 6.09 Å². The Kier molecular flexibility index (Phi) is 6.02. The number of carbonyl (C=O) groups is 1. The third-order valence-corrected chi connectivity index (χ3v) is 3.70. The molecule has 0 atom stereocenters. The van der Waals surface area contributed by atoms with Crippen molar-refractivity contribution in [3.05, 3.63) is 26.9 Å². The van der Waals surface area contributed by atoms with Crippen LogP contribution in [0.15, 0.2) is 11.0 Å². The van der Waals surface area contributed by atoms with Gasteiger partial charge in [0, 0.05) is 19.3 Å². The van der Waals surface area contributed by atoms with Crippen molar-refractivity contribution in [2.45, 2.75) is 39.8 Å². The van der Waals surface area contributed by atoms with Gasteiger partial charge in [-0.05, 0) is 45.5 Å². The molecule has 0 saturated carbocycles. The van der Waals surface area contributed by atoms with E-state index in [4.69, 9.17) is 21.7 Å². The Labute approximate surface area is 150 Å². The molecule has 9 heteroatoms. The van der Waals surface area contributed by atoms with Gasteiger partial charge in [-0.1, -0.05) is 0 Å². The number of nitrogens with zero attached hydrogens (tertiary/aromatic N) is 1. The zero-order valence-corrected chi connectivity index (χ0v) is 15.7. The van der Waals surface area contributed by atoms with Gasteiger partial charge in [0.05, 0.1) is 18.7 Å². The molecule has 0 aliphatic heterocycles. The van der Waals surface area contributed by atoms with Crippen molar-refractivity contribution in [3.63, 3.8) is 0 Å².